The highest BCUT2D eigenvalue weighted by atomic mass is 14.8. The molecular weight excluding hydrogens is 160 g/mol. The van der Waals surface area contributed by atoms with Crippen molar-refractivity contribution < 1.29 is 0 Å². The molecule has 0 atom stereocenters. The van der Waals surface area contributed by atoms with E-state index in [4.69, 9.17) is 0 Å². The number of aromatic nitrogens is 2. The van der Waals surface area contributed by atoms with Crippen LogP contribution in [0.3, 0.4) is 0 Å². The Kier molecular flexibility index (Phi) is 1.93. The lowest BCUT2D eigenvalue weighted by Crippen LogP contribution is -1.87. The van der Waals surface area contributed by atoms with Gasteiger partial charge in [0.15, 0.2) is 0 Å². The van der Waals surface area contributed by atoms with Crippen molar-refractivity contribution in [1.29, 1.82) is 0 Å². The Hall–Kier alpha value is -1.88. The van der Waals surface area contributed by atoms with E-state index in [1.807, 2.05) is 24.3 Å². The molecule has 0 aliphatic heterocycles. The molecule has 1 aromatic heterocycles. The summed E-state index contributed by atoms with van der Waals surface area (Å²) < 4.78 is 0. The van der Waals surface area contributed by atoms with Crippen LogP contribution in [0.1, 0.15) is 5.69 Å². The second-order valence-corrected chi connectivity index (χ2v) is 2.55. The first-order valence-electron chi connectivity index (χ1n) is 3.90. The van der Waals surface area contributed by atoms with E-state index in [1.54, 1.807) is 6.20 Å². The van der Waals surface area contributed by atoms with Gasteiger partial charge in [0.1, 0.15) is 5.69 Å². The molecule has 1 aromatic carbocycles. The van der Waals surface area contributed by atoms with E-state index in [-0.39, 0.29) is 0 Å². The standard InChI is InChI=1S/C11H7N2/c1-2-5-9-8-12-10-6-3-4-7-11(10)13-9/h3-4,6-8H,1H2. The number of benzene rings is 1. The van der Waals surface area contributed by atoms with Gasteiger partial charge in [0.25, 0.3) is 0 Å². The van der Waals surface area contributed by atoms with Gasteiger partial charge < -0.3 is 0 Å². The molecule has 0 N–H and O–H groups in total. The summed E-state index contributed by atoms with van der Waals surface area (Å²) in [6.45, 7) is 3.43. The summed E-state index contributed by atoms with van der Waals surface area (Å²) in [6, 6.07) is 7.70. The minimum Gasteiger partial charge on any atom is -0.252 e. The van der Waals surface area contributed by atoms with Gasteiger partial charge in [-0.2, -0.15) is 0 Å². The predicted molar refractivity (Wildman–Crippen MR) is 51.8 cm³/mol. The third kappa shape index (κ3) is 1.50. The second-order valence-electron chi connectivity index (χ2n) is 2.55. The molecular formula is C11H7N2. The Morgan fingerprint density at radius 2 is 1.92 bits per heavy atom. The number of hydrogen-bond donors (Lipinski definition) is 0. The van der Waals surface area contributed by atoms with Gasteiger partial charge in [0.05, 0.1) is 17.2 Å². The summed E-state index contributed by atoms with van der Waals surface area (Å²) in [7, 11) is 0. The van der Waals surface area contributed by atoms with Crippen molar-refractivity contribution in [1.82, 2.24) is 9.97 Å². The minimum atomic E-state index is 0.661. The van der Waals surface area contributed by atoms with E-state index in [0.29, 0.717) is 5.69 Å². The summed E-state index contributed by atoms with van der Waals surface area (Å²) in [5.74, 6) is 5.31. The van der Waals surface area contributed by atoms with E-state index in [2.05, 4.69) is 28.7 Å². The maximum atomic E-state index is 4.29. The lowest BCUT2D eigenvalue weighted by atomic mass is 10.3. The molecule has 0 amide bonds. The molecule has 0 saturated carbocycles. The van der Waals surface area contributed by atoms with Gasteiger partial charge in [-0.15, -0.1) is 0 Å². The fourth-order valence-electron chi connectivity index (χ4n) is 1.11. The van der Waals surface area contributed by atoms with Crippen molar-refractivity contribution in [2.24, 2.45) is 0 Å². The molecule has 2 nitrogen and oxygen atoms in total. The molecule has 61 valence electrons. The molecule has 0 bridgehead atoms. The smallest absolute Gasteiger partial charge is 0.132 e. The van der Waals surface area contributed by atoms with Gasteiger partial charge >= 0.3 is 0 Å². The maximum absolute atomic E-state index is 4.29. The van der Waals surface area contributed by atoms with Gasteiger partial charge in [0, 0.05) is 6.92 Å². The molecule has 2 rings (SSSR count). The Morgan fingerprint density at radius 1 is 1.15 bits per heavy atom. The van der Waals surface area contributed by atoms with Crippen LogP contribution in [-0.2, 0) is 0 Å². The Morgan fingerprint density at radius 3 is 2.69 bits per heavy atom. The summed E-state index contributed by atoms with van der Waals surface area (Å²) in [6.07, 6.45) is 1.65. The zero-order valence-corrected chi connectivity index (χ0v) is 6.99. The molecule has 0 saturated heterocycles. The first kappa shape index (κ1) is 7.75. The fraction of sp³-hybridized carbons (Fsp3) is 0. The van der Waals surface area contributed by atoms with Crippen LogP contribution in [0.15, 0.2) is 30.5 Å². The molecule has 2 aromatic rings. The van der Waals surface area contributed by atoms with Gasteiger partial charge in [-0.05, 0) is 18.1 Å². The summed E-state index contributed by atoms with van der Waals surface area (Å²) in [5, 5.41) is 0. The molecule has 1 heterocycles. The van der Waals surface area contributed by atoms with Crippen LogP contribution in [0.25, 0.3) is 11.0 Å². The third-order valence-electron chi connectivity index (χ3n) is 1.67. The average molecular weight is 167 g/mol. The van der Waals surface area contributed by atoms with Crippen LogP contribution in [0, 0.1) is 18.8 Å². The molecule has 13 heavy (non-hydrogen) atoms. The molecule has 1 radical (unpaired) electrons. The topological polar surface area (TPSA) is 25.8 Å². The highest BCUT2D eigenvalue weighted by Gasteiger charge is 1.94. The van der Waals surface area contributed by atoms with Crippen LogP contribution in [0.5, 0.6) is 0 Å². The molecule has 0 spiro atoms. The lowest BCUT2D eigenvalue weighted by molar-refractivity contribution is 1.26. The van der Waals surface area contributed by atoms with Crippen molar-refractivity contribution in [2.45, 2.75) is 0 Å². The van der Waals surface area contributed by atoms with Crippen LogP contribution in [-0.4, -0.2) is 9.97 Å². The summed E-state index contributed by atoms with van der Waals surface area (Å²) in [5.41, 5.74) is 2.41. The number of rotatable bonds is 0. The average Bonchev–Trinajstić information content (AvgIpc) is 2.18. The van der Waals surface area contributed by atoms with Gasteiger partial charge in [-0.1, -0.05) is 18.1 Å². The van der Waals surface area contributed by atoms with Crippen molar-refractivity contribution >= 4 is 11.0 Å². The molecule has 2 heteroatoms. The Labute approximate surface area is 76.6 Å². The highest BCUT2D eigenvalue weighted by Crippen LogP contribution is 2.07. The zero-order chi connectivity index (χ0) is 9.10. The van der Waals surface area contributed by atoms with Crippen LogP contribution < -0.4 is 0 Å². The van der Waals surface area contributed by atoms with Crippen molar-refractivity contribution in [3.8, 4) is 11.8 Å². The normalized spacial score (nSPS) is 9.31. The molecule has 0 fully saturated rings. The van der Waals surface area contributed by atoms with Crippen molar-refractivity contribution in [3.05, 3.63) is 43.1 Å². The van der Waals surface area contributed by atoms with Crippen molar-refractivity contribution in [2.75, 3.05) is 0 Å². The first-order chi connectivity index (χ1) is 6.40. The Balaban J connectivity index is 2.66. The third-order valence-corrected chi connectivity index (χ3v) is 1.67. The van der Waals surface area contributed by atoms with Gasteiger partial charge in [0.2, 0.25) is 0 Å². The van der Waals surface area contributed by atoms with Crippen LogP contribution in [0.2, 0.25) is 0 Å². The monoisotopic (exact) mass is 167 g/mol. The second kappa shape index (κ2) is 3.24. The van der Waals surface area contributed by atoms with E-state index in [1.165, 1.54) is 0 Å². The first-order valence-corrected chi connectivity index (χ1v) is 3.90. The fourth-order valence-corrected chi connectivity index (χ4v) is 1.11. The van der Waals surface area contributed by atoms with Gasteiger partial charge in [-0.25, -0.2) is 4.98 Å². The molecule has 0 aliphatic rings. The number of para-hydroxylation sites is 2. The quantitative estimate of drug-likeness (QED) is 0.559. The van der Waals surface area contributed by atoms with E-state index in [9.17, 15) is 0 Å². The van der Waals surface area contributed by atoms with Crippen LogP contribution in [0.4, 0.5) is 0 Å². The largest absolute Gasteiger partial charge is 0.252 e. The summed E-state index contributed by atoms with van der Waals surface area (Å²) >= 11 is 0. The van der Waals surface area contributed by atoms with Gasteiger partial charge in [-0.3, -0.25) is 4.98 Å². The van der Waals surface area contributed by atoms with E-state index < -0.39 is 0 Å². The minimum absolute atomic E-state index is 0.661. The summed E-state index contributed by atoms with van der Waals surface area (Å²) in [4.78, 5) is 8.50. The number of hydrogen-bond acceptors (Lipinski definition) is 2. The number of fused-ring (bicyclic) bond motifs is 1. The molecule has 0 unspecified atom stereocenters. The Bertz CT molecular complexity index is 492. The maximum Gasteiger partial charge on any atom is 0.132 e. The predicted octanol–water partition coefficient (Wildman–Crippen LogP) is 1.82. The zero-order valence-electron chi connectivity index (χ0n) is 6.99. The van der Waals surface area contributed by atoms with E-state index >= 15 is 0 Å². The highest BCUT2D eigenvalue weighted by molar-refractivity contribution is 5.74. The SMILES string of the molecule is [CH2]C#Cc1cnc2ccccc2n1. The van der Waals surface area contributed by atoms with Crippen molar-refractivity contribution in [3.63, 3.8) is 0 Å². The lowest BCUT2D eigenvalue weighted by Gasteiger charge is -1.94. The van der Waals surface area contributed by atoms with E-state index in [0.717, 1.165) is 11.0 Å². The molecule has 0 aliphatic carbocycles. The number of nitrogens with zero attached hydrogens (tertiary/aromatic N) is 2. The van der Waals surface area contributed by atoms with Crippen LogP contribution >= 0.6 is 0 Å².